The lowest BCUT2D eigenvalue weighted by Crippen LogP contribution is -2.45. The summed E-state index contributed by atoms with van der Waals surface area (Å²) in [6, 6.07) is -0.702. The topological polar surface area (TPSA) is 76.1 Å². The molecule has 1 rings (SSSR count). The van der Waals surface area contributed by atoms with Crippen molar-refractivity contribution in [2.24, 2.45) is 5.92 Å². The first kappa shape index (κ1) is 17.0. The van der Waals surface area contributed by atoms with Gasteiger partial charge >= 0.3 is 12.1 Å². The van der Waals surface area contributed by atoms with E-state index < -0.39 is 24.0 Å². The summed E-state index contributed by atoms with van der Waals surface area (Å²) in [7, 11) is 3.21. The van der Waals surface area contributed by atoms with E-state index >= 15 is 0 Å². The molecule has 7 nitrogen and oxygen atoms in total. The monoisotopic (exact) mass is 298 g/mol. The first-order valence-corrected chi connectivity index (χ1v) is 6.84. The Labute approximate surface area is 124 Å². The van der Waals surface area contributed by atoms with Gasteiger partial charge in [-0.1, -0.05) is 12.7 Å². The molecule has 0 bridgehead atoms. The van der Waals surface area contributed by atoms with Crippen molar-refractivity contribution in [2.45, 2.75) is 19.4 Å². The second kappa shape index (κ2) is 7.66. The summed E-state index contributed by atoms with van der Waals surface area (Å²) in [5, 5.41) is 0. The molecule has 0 spiro atoms. The van der Waals surface area contributed by atoms with E-state index in [1.807, 2.05) is 0 Å². The van der Waals surface area contributed by atoms with Crippen molar-refractivity contribution in [1.82, 2.24) is 9.80 Å². The lowest BCUT2D eigenvalue weighted by atomic mass is 10.1. The van der Waals surface area contributed by atoms with Gasteiger partial charge in [0.2, 0.25) is 5.91 Å². The molecule has 0 aliphatic carbocycles. The van der Waals surface area contributed by atoms with Crippen molar-refractivity contribution in [3.05, 3.63) is 12.7 Å². The smallest absolute Gasteiger partial charge is 0.410 e. The zero-order valence-corrected chi connectivity index (χ0v) is 12.7. The zero-order valence-electron chi connectivity index (χ0n) is 12.7. The van der Waals surface area contributed by atoms with Crippen molar-refractivity contribution in [3.63, 3.8) is 0 Å². The summed E-state index contributed by atoms with van der Waals surface area (Å²) in [4.78, 5) is 38.7. The Balaban J connectivity index is 2.84. The molecule has 2 atom stereocenters. The van der Waals surface area contributed by atoms with Crippen LogP contribution < -0.4 is 0 Å². The van der Waals surface area contributed by atoms with Crippen molar-refractivity contribution in [2.75, 3.05) is 33.9 Å². The predicted octanol–water partition coefficient (Wildman–Crippen LogP) is 0.651. The SMILES string of the molecule is C=CCOC(=O)N1C[C@@H](C(=O)OCC)C[C@@H]1C(=O)N(C)C. The molecule has 1 heterocycles. The van der Waals surface area contributed by atoms with Crippen LogP contribution in [0.25, 0.3) is 0 Å². The van der Waals surface area contributed by atoms with Crippen LogP contribution in [-0.2, 0) is 19.1 Å². The van der Waals surface area contributed by atoms with E-state index in [1.165, 1.54) is 15.9 Å². The van der Waals surface area contributed by atoms with Crippen molar-refractivity contribution in [3.8, 4) is 0 Å². The maximum atomic E-state index is 12.2. The third kappa shape index (κ3) is 4.21. The minimum Gasteiger partial charge on any atom is -0.466 e. The molecule has 1 aliphatic heterocycles. The number of esters is 1. The molecule has 0 N–H and O–H groups in total. The standard InChI is InChI=1S/C14H22N2O5/c1-5-7-21-14(19)16-9-10(13(18)20-6-2)8-11(16)12(17)15(3)4/h5,10-11H,1,6-9H2,2-4H3/t10-,11+/m0/s1. The Morgan fingerprint density at radius 3 is 2.52 bits per heavy atom. The molecule has 0 saturated carbocycles. The van der Waals surface area contributed by atoms with Crippen LogP contribution in [0, 0.1) is 5.92 Å². The first-order chi connectivity index (χ1) is 9.92. The van der Waals surface area contributed by atoms with Gasteiger partial charge in [-0.3, -0.25) is 14.5 Å². The maximum absolute atomic E-state index is 12.2. The van der Waals surface area contributed by atoms with Crippen LogP contribution in [0.3, 0.4) is 0 Å². The number of carbonyl (C=O) groups is 3. The highest BCUT2D eigenvalue weighted by molar-refractivity contribution is 5.88. The Hall–Kier alpha value is -2.05. The normalized spacial score (nSPS) is 20.8. The fraction of sp³-hybridized carbons (Fsp3) is 0.643. The van der Waals surface area contributed by atoms with Crippen LogP contribution in [0.2, 0.25) is 0 Å². The third-order valence-electron chi connectivity index (χ3n) is 3.21. The van der Waals surface area contributed by atoms with Crippen LogP contribution in [-0.4, -0.2) is 67.7 Å². The van der Waals surface area contributed by atoms with Gasteiger partial charge in [-0.2, -0.15) is 0 Å². The fourth-order valence-electron chi connectivity index (χ4n) is 2.21. The maximum Gasteiger partial charge on any atom is 0.410 e. The van der Waals surface area contributed by atoms with Crippen LogP contribution in [0.4, 0.5) is 4.79 Å². The molecule has 21 heavy (non-hydrogen) atoms. The molecule has 7 heteroatoms. The molecule has 0 aromatic carbocycles. The molecular weight excluding hydrogens is 276 g/mol. The summed E-state index contributed by atoms with van der Waals surface area (Å²) in [6.07, 6.45) is 1.07. The number of likely N-dealkylation sites (tertiary alicyclic amines) is 1. The van der Waals surface area contributed by atoms with Crippen molar-refractivity contribution >= 4 is 18.0 Å². The van der Waals surface area contributed by atoms with E-state index in [2.05, 4.69) is 6.58 Å². The Morgan fingerprint density at radius 2 is 2.00 bits per heavy atom. The van der Waals surface area contributed by atoms with Gasteiger partial charge in [0.05, 0.1) is 12.5 Å². The number of nitrogens with zero attached hydrogens (tertiary/aromatic N) is 2. The number of rotatable bonds is 5. The largest absolute Gasteiger partial charge is 0.466 e. The lowest BCUT2D eigenvalue weighted by Gasteiger charge is -2.25. The van der Waals surface area contributed by atoms with Gasteiger partial charge in [0.15, 0.2) is 0 Å². The van der Waals surface area contributed by atoms with E-state index in [-0.39, 0.29) is 32.1 Å². The Kier molecular flexibility index (Phi) is 6.20. The van der Waals surface area contributed by atoms with E-state index in [9.17, 15) is 14.4 Å². The predicted molar refractivity (Wildman–Crippen MR) is 75.5 cm³/mol. The molecule has 1 aliphatic rings. The average molecular weight is 298 g/mol. The number of carbonyl (C=O) groups excluding carboxylic acids is 3. The highest BCUT2D eigenvalue weighted by Gasteiger charge is 2.44. The molecule has 1 saturated heterocycles. The van der Waals surface area contributed by atoms with Crippen molar-refractivity contribution < 1.29 is 23.9 Å². The van der Waals surface area contributed by atoms with Gasteiger partial charge < -0.3 is 14.4 Å². The molecule has 0 unspecified atom stereocenters. The molecule has 1 fully saturated rings. The second-order valence-electron chi connectivity index (χ2n) is 4.95. The number of amides is 2. The van der Waals surface area contributed by atoms with E-state index in [0.717, 1.165) is 0 Å². The highest BCUT2D eigenvalue weighted by Crippen LogP contribution is 2.26. The van der Waals surface area contributed by atoms with Crippen LogP contribution in [0.1, 0.15) is 13.3 Å². The molecule has 0 aromatic rings. The van der Waals surface area contributed by atoms with Crippen LogP contribution in [0.15, 0.2) is 12.7 Å². The minimum atomic E-state index is -0.702. The average Bonchev–Trinajstić information content (AvgIpc) is 2.89. The number of ether oxygens (including phenoxy) is 2. The zero-order chi connectivity index (χ0) is 16.0. The lowest BCUT2D eigenvalue weighted by molar-refractivity contribution is -0.147. The van der Waals surface area contributed by atoms with Gasteiger partial charge in [-0.05, 0) is 13.3 Å². The molecule has 0 aromatic heterocycles. The quantitative estimate of drug-likeness (QED) is 0.550. The molecule has 2 amide bonds. The minimum absolute atomic E-state index is 0.0578. The summed E-state index contributed by atoms with van der Waals surface area (Å²) < 4.78 is 9.93. The Morgan fingerprint density at radius 1 is 1.33 bits per heavy atom. The van der Waals surface area contributed by atoms with Crippen LogP contribution in [0.5, 0.6) is 0 Å². The highest BCUT2D eigenvalue weighted by atomic mass is 16.6. The van der Waals surface area contributed by atoms with Gasteiger partial charge in [-0.15, -0.1) is 0 Å². The summed E-state index contributed by atoms with van der Waals surface area (Å²) >= 11 is 0. The number of likely N-dealkylation sites (N-methyl/N-ethyl adjacent to an activating group) is 1. The Bertz CT molecular complexity index is 422. The summed E-state index contributed by atoms with van der Waals surface area (Å²) in [6.45, 7) is 5.63. The van der Waals surface area contributed by atoms with E-state index in [0.29, 0.717) is 0 Å². The summed E-state index contributed by atoms with van der Waals surface area (Å²) in [5.74, 6) is -1.14. The molecule has 0 radical (unpaired) electrons. The van der Waals surface area contributed by atoms with E-state index in [1.54, 1.807) is 21.0 Å². The number of hydrogen-bond donors (Lipinski definition) is 0. The van der Waals surface area contributed by atoms with Gasteiger partial charge in [0.1, 0.15) is 12.6 Å². The first-order valence-electron chi connectivity index (χ1n) is 6.84. The van der Waals surface area contributed by atoms with Gasteiger partial charge in [0.25, 0.3) is 0 Å². The van der Waals surface area contributed by atoms with Gasteiger partial charge in [0, 0.05) is 20.6 Å². The fourth-order valence-corrected chi connectivity index (χ4v) is 2.21. The third-order valence-corrected chi connectivity index (χ3v) is 3.21. The summed E-state index contributed by atoms with van der Waals surface area (Å²) in [5.41, 5.74) is 0. The molecule has 118 valence electrons. The van der Waals surface area contributed by atoms with E-state index in [4.69, 9.17) is 9.47 Å². The van der Waals surface area contributed by atoms with Gasteiger partial charge in [-0.25, -0.2) is 4.79 Å². The van der Waals surface area contributed by atoms with Crippen LogP contribution >= 0.6 is 0 Å². The van der Waals surface area contributed by atoms with Crippen molar-refractivity contribution in [1.29, 1.82) is 0 Å². The molecular formula is C14H22N2O5. The number of hydrogen-bond acceptors (Lipinski definition) is 5. The second-order valence-corrected chi connectivity index (χ2v) is 4.95.